The van der Waals surface area contributed by atoms with E-state index in [1.807, 2.05) is 60.7 Å². The largest absolute Gasteiger partial charge is 0.497 e. The van der Waals surface area contributed by atoms with Crippen LogP contribution >= 0.6 is 11.6 Å². The van der Waals surface area contributed by atoms with Crippen molar-refractivity contribution < 1.29 is 9.53 Å². The molecule has 0 amide bonds. The van der Waals surface area contributed by atoms with Gasteiger partial charge in [-0.25, -0.2) is 0 Å². The molecule has 1 heterocycles. The zero-order valence-electron chi connectivity index (χ0n) is 17.2. The smallest absolute Gasteiger partial charge is 0.163 e. The van der Waals surface area contributed by atoms with Gasteiger partial charge in [-0.2, -0.15) is 0 Å². The second-order valence-corrected chi connectivity index (χ2v) is 8.44. The molecule has 4 nitrogen and oxygen atoms in total. The number of allylic oxidation sites excluding steroid dienone is 1. The lowest BCUT2D eigenvalue weighted by Gasteiger charge is -2.30. The number of hydrogen-bond acceptors (Lipinski definition) is 4. The fourth-order valence-corrected chi connectivity index (χ4v) is 4.72. The molecule has 2 N–H and O–H groups in total. The van der Waals surface area contributed by atoms with Crippen LogP contribution in [0.25, 0.3) is 0 Å². The molecule has 1 aliphatic heterocycles. The number of halogens is 1. The fraction of sp³-hybridized carbons (Fsp3) is 0.192. The molecule has 0 radical (unpaired) electrons. The van der Waals surface area contributed by atoms with Crippen molar-refractivity contribution >= 4 is 28.8 Å². The SMILES string of the molecule is COc1cccc([C@@H]2Nc3ccc(Cl)cc3NC3=C2C(=O)C[C@H](c2ccccc2)C3)c1. The number of benzene rings is 3. The van der Waals surface area contributed by atoms with E-state index in [1.165, 1.54) is 5.56 Å². The minimum Gasteiger partial charge on any atom is -0.497 e. The minimum atomic E-state index is -0.274. The average Bonchev–Trinajstić information content (AvgIpc) is 2.96. The van der Waals surface area contributed by atoms with Gasteiger partial charge in [0, 0.05) is 22.7 Å². The molecule has 5 rings (SSSR count). The van der Waals surface area contributed by atoms with Crippen molar-refractivity contribution in [3.05, 3.63) is 100 Å². The Balaban J connectivity index is 1.63. The summed E-state index contributed by atoms with van der Waals surface area (Å²) in [5.74, 6) is 1.06. The maximum Gasteiger partial charge on any atom is 0.163 e. The Morgan fingerprint density at radius 2 is 1.71 bits per heavy atom. The van der Waals surface area contributed by atoms with E-state index < -0.39 is 0 Å². The summed E-state index contributed by atoms with van der Waals surface area (Å²) in [6, 6.07) is 23.6. The lowest BCUT2D eigenvalue weighted by molar-refractivity contribution is -0.116. The minimum absolute atomic E-state index is 0.145. The van der Waals surface area contributed by atoms with E-state index in [0.717, 1.165) is 40.4 Å². The summed E-state index contributed by atoms with van der Waals surface area (Å²) in [4.78, 5) is 13.5. The van der Waals surface area contributed by atoms with Gasteiger partial charge in [0.25, 0.3) is 0 Å². The maximum absolute atomic E-state index is 13.5. The maximum atomic E-state index is 13.5. The molecule has 3 aromatic carbocycles. The zero-order valence-corrected chi connectivity index (χ0v) is 17.9. The Morgan fingerprint density at radius 3 is 2.52 bits per heavy atom. The molecule has 0 spiro atoms. The first-order valence-electron chi connectivity index (χ1n) is 10.4. The normalized spacial score (nSPS) is 20.1. The van der Waals surface area contributed by atoms with Crippen LogP contribution in [0.2, 0.25) is 5.02 Å². The predicted molar refractivity (Wildman–Crippen MR) is 125 cm³/mol. The molecular formula is C26H23ClN2O2. The van der Waals surface area contributed by atoms with Gasteiger partial charge in [-0.1, -0.05) is 54.1 Å². The summed E-state index contributed by atoms with van der Waals surface area (Å²) in [5.41, 5.74) is 5.70. The summed E-state index contributed by atoms with van der Waals surface area (Å²) < 4.78 is 5.44. The van der Waals surface area contributed by atoms with Crippen LogP contribution in [0.5, 0.6) is 5.75 Å². The van der Waals surface area contributed by atoms with Crippen LogP contribution in [0.3, 0.4) is 0 Å². The van der Waals surface area contributed by atoms with E-state index >= 15 is 0 Å². The third kappa shape index (κ3) is 3.79. The van der Waals surface area contributed by atoms with E-state index in [9.17, 15) is 4.79 Å². The molecule has 0 aromatic heterocycles. The van der Waals surface area contributed by atoms with E-state index in [2.05, 4.69) is 22.8 Å². The average molecular weight is 431 g/mol. The summed E-state index contributed by atoms with van der Waals surface area (Å²) >= 11 is 6.28. The number of hydrogen-bond donors (Lipinski definition) is 2. The predicted octanol–water partition coefficient (Wildman–Crippen LogP) is 6.33. The van der Waals surface area contributed by atoms with Gasteiger partial charge in [0.05, 0.1) is 24.5 Å². The molecule has 0 bridgehead atoms. The van der Waals surface area contributed by atoms with Crippen molar-refractivity contribution in [3.63, 3.8) is 0 Å². The Morgan fingerprint density at radius 1 is 0.903 bits per heavy atom. The number of ether oxygens (including phenoxy) is 1. The second-order valence-electron chi connectivity index (χ2n) is 8.00. The molecule has 0 saturated heterocycles. The Kier molecular flexibility index (Phi) is 5.16. The number of nitrogens with one attached hydrogen (secondary N) is 2. The van der Waals surface area contributed by atoms with Crippen molar-refractivity contribution in [2.45, 2.75) is 24.8 Å². The van der Waals surface area contributed by atoms with E-state index in [4.69, 9.17) is 16.3 Å². The molecule has 5 heteroatoms. The standard InChI is InChI=1S/C26H23ClN2O2/c1-31-20-9-5-8-17(12-20)26-25-23(28-22-15-19(27)10-11-21(22)29-26)13-18(14-24(25)30)16-6-3-2-4-7-16/h2-12,15,18,26,28-29H,13-14H2,1H3/t18-,26+/m1/s1. The second kappa shape index (κ2) is 8.12. The van der Waals surface area contributed by atoms with Gasteiger partial charge in [0.15, 0.2) is 5.78 Å². The highest BCUT2D eigenvalue weighted by Gasteiger charge is 2.36. The van der Waals surface area contributed by atoms with Gasteiger partial charge in [-0.3, -0.25) is 4.79 Å². The van der Waals surface area contributed by atoms with Crippen LogP contribution in [0.1, 0.15) is 35.9 Å². The summed E-state index contributed by atoms with van der Waals surface area (Å²) in [6.07, 6.45) is 1.25. The Hall–Kier alpha value is -3.24. The van der Waals surface area contributed by atoms with Gasteiger partial charge >= 0.3 is 0 Å². The number of methoxy groups -OCH3 is 1. The van der Waals surface area contributed by atoms with Crippen molar-refractivity contribution in [1.82, 2.24) is 0 Å². The van der Waals surface area contributed by atoms with Crippen LogP contribution in [0, 0.1) is 0 Å². The monoisotopic (exact) mass is 430 g/mol. The van der Waals surface area contributed by atoms with Crippen molar-refractivity contribution in [2.75, 3.05) is 17.7 Å². The van der Waals surface area contributed by atoms with Gasteiger partial charge < -0.3 is 15.4 Å². The van der Waals surface area contributed by atoms with Crippen molar-refractivity contribution in [3.8, 4) is 5.75 Å². The molecule has 0 fully saturated rings. The molecule has 2 atom stereocenters. The first kappa shape index (κ1) is 19.7. The summed E-state index contributed by atoms with van der Waals surface area (Å²) in [7, 11) is 1.65. The van der Waals surface area contributed by atoms with Crippen LogP contribution in [0.4, 0.5) is 11.4 Å². The molecule has 0 unspecified atom stereocenters. The molecular weight excluding hydrogens is 408 g/mol. The van der Waals surface area contributed by atoms with Gasteiger partial charge in [-0.15, -0.1) is 0 Å². The third-order valence-electron chi connectivity index (χ3n) is 6.06. The molecule has 2 aliphatic rings. The van der Waals surface area contributed by atoms with Crippen molar-refractivity contribution in [1.29, 1.82) is 0 Å². The van der Waals surface area contributed by atoms with Crippen LogP contribution in [0.15, 0.2) is 84.1 Å². The first-order chi connectivity index (χ1) is 15.1. The molecule has 3 aromatic rings. The highest BCUT2D eigenvalue weighted by molar-refractivity contribution is 6.31. The number of Topliss-reactive ketones (excluding diaryl/α,β-unsaturated/α-hetero) is 1. The number of carbonyl (C=O) groups excluding carboxylic acids is 1. The lowest BCUT2D eigenvalue weighted by atomic mass is 9.78. The number of fused-ring (bicyclic) bond motifs is 1. The molecule has 1 aliphatic carbocycles. The van der Waals surface area contributed by atoms with Gasteiger partial charge in [0.1, 0.15) is 5.75 Å². The third-order valence-corrected chi connectivity index (χ3v) is 6.30. The molecule has 156 valence electrons. The van der Waals surface area contributed by atoms with Gasteiger partial charge in [0.2, 0.25) is 0 Å². The number of ketones is 1. The van der Waals surface area contributed by atoms with Crippen molar-refractivity contribution in [2.24, 2.45) is 0 Å². The Labute approximate surface area is 186 Å². The lowest BCUT2D eigenvalue weighted by Crippen LogP contribution is -2.26. The number of carbonyl (C=O) groups is 1. The fourth-order valence-electron chi connectivity index (χ4n) is 4.55. The molecule has 0 saturated carbocycles. The van der Waals surface area contributed by atoms with E-state index in [1.54, 1.807) is 7.11 Å². The number of rotatable bonds is 3. The highest BCUT2D eigenvalue weighted by atomic mass is 35.5. The molecule has 31 heavy (non-hydrogen) atoms. The van der Waals surface area contributed by atoms with E-state index in [-0.39, 0.29) is 17.7 Å². The van der Waals surface area contributed by atoms with Crippen LogP contribution in [-0.2, 0) is 4.79 Å². The number of anilines is 2. The Bertz CT molecular complexity index is 1170. The summed E-state index contributed by atoms with van der Waals surface area (Å²) in [5, 5.41) is 7.77. The van der Waals surface area contributed by atoms with E-state index in [0.29, 0.717) is 11.4 Å². The quantitative estimate of drug-likeness (QED) is 0.509. The van der Waals surface area contributed by atoms with Gasteiger partial charge in [-0.05, 0) is 53.8 Å². The van der Waals surface area contributed by atoms with Crippen LogP contribution < -0.4 is 15.4 Å². The first-order valence-corrected chi connectivity index (χ1v) is 10.8. The topological polar surface area (TPSA) is 50.4 Å². The van der Waals surface area contributed by atoms with Crippen LogP contribution in [-0.4, -0.2) is 12.9 Å². The highest BCUT2D eigenvalue weighted by Crippen LogP contribution is 2.45. The summed E-state index contributed by atoms with van der Waals surface area (Å²) in [6.45, 7) is 0. The zero-order chi connectivity index (χ0) is 21.4.